The van der Waals surface area contributed by atoms with E-state index in [0.29, 0.717) is 12.0 Å². The number of rotatable bonds is 5. The van der Waals surface area contributed by atoms with Crippen LogP contribution in [0.25, 0.3) is 0 Å². The normalized spacial score (nSPS) is 21.5. The summed E-state index contributed by atoms with van der Waals surface area (Å²) < 4.78 is 5.04. The van der Waals surface area contributed by atoms with Crippen molar-refractivity contribution in [3.05, 3.63) is 70.8 Å². The quantitative estimate of drug-likeness (QED) is 0.424. The lowest BCUT2D eigenvalue weighted by Crippen LogP contribution is -2.52. The first-order valence-corrected chi connectivity index (χ1v) is 10.1. The van der Waals surface area contributed by atoms with Crippen molar-refractivity contribution in [3.63, 3.8) is 0 Å². The van der Waals surface area contributed by atoms with Crippen molar-refractivity contribution in [2.45, 2.75) is 38.8 Å². The highest BCUT2D eigenvalue weighted by Crippen LogP contribution is 2.40. The Hall–Kier alpha value is -3.15. The topological polar surface area (TPSA) is 68.2 Å². The Morgan fingerprint density at radius 3 is 2.30 bits per heavy atom. The summed E-state index contributed by atoms with van der Waals surface area (Å²) in [7, 11) is 2.85. The van der Waals surface area contributed by atoms with Gasteiger partial charge in [-0.1, -0.05) is 54.0 Å². The van der Waals surface area contributed by atoms with Gasteiger partial charge in [0, 0.05) is 5.56 Å². The van der Waals surface area contributed by atoms with Crippen molar-refractivity contribution in [2.75, 3.05) is 14.2 Å². The molecule has 0 N–H and O–H groups in total. The molecule has 0 saturated carbocycles. The van der Waals surface area contributed by atoms with E-state index in [1.807, 2.05) is 31.2 Å². The van der Waals surface area contributed by atoms with Gasteiger partial charge in [0.1, 0.15) is 13.2 Å². The molecule has 1 saturated heterocycles. The second-order valence-corrected chi connectivity index (χ2v) is 7.70. The lowest BCUT2D eigenvalue weighted by atomic mass is 9.82. The Labute approximate surface area is 177 Å². The smallest absolute Gasteiger partial charge is 0.328 e. The number of methoxy groups -OCH3 is 1. The molecular formula is C24H28N2O4. The number of amides is 1. The molecule has 1 amide bonds. The molecule has 0 bridgehead atoms. The van der Waals surface area contributed by atoms with Crippen LogP contribution in [0.5, 0.6) is 0 Å². The van der Waals surface area contributed by atoms with E-state index in [0.717, 1.165) is 23.1 Å². The number of hydrogen-bond acceptors (Lipinski definition) is 5. The summed E-state index contributed by atoms with van der Waals surface area (Å²) in [5.41, 5.74) is 3.52. The summed E-state index contributed by atoms with van der Waals surface area (Å²) in [6, 6.07) is 14.5. The summed E-state index contributed by atoms with van der Waals surface area (Å²) >= 11 is 0. The fourth-order valence-corrected chi connectivity index (χ4v) is 4.05. The average molecular weight is 408 g/mol. The predicted octanol–water partition coefficient (Wildman–Crippen LogP) is 4.13. The Balaban J connectivity index is 2.00. The van der Waals surface area contributed by atoms with Crippen molar-refractivity contribution >= 4 is 18.1 Å². The molecule has 158 valence electrons. The summed E-state index contributed by atoms with van der Waals surface area (Å²) in [6.45, 7) is 4.16. The molecular weight excluding hydrogens is 380 g/mol. The van der Waals surface area contributed by atoms with Crippen LogP contribution in [0.2, 0.25) is 0 Å². The van der Waals surface area contributed by atoms with Gasteiger partial charge >= 0.3 is 5.97 Å². The molecule has 0 aromatic heterocycles. The Kier molecular flexibility index (Phi) is 6.87. The third-order valence-corrected chi connectivity index (χ3v) is 5.66. The molecule has 2 aromatic carbocycles. The second kappa shape index (κ2) is 9.57. The number of aryl methyl sites for hydroxylation is 1. The number of piperidine rings is 1. The van der Waals surface area contributed by atoms with Crippen molar-refractivity contribution in [1.29, 1.82) is 0 Å². The molecule has 0 spiro atoms. The molecule has 1 aliphatic heterocycles. The number of hydrogen-bond donors (Lipinski definition) is 0. The fourth-order valence-electron chi connectivity index (χ4n) is 4.05. The third-order valence-electron chi connectivity index (χ3n) is 5.66. The van der Waals surface area contributed by atoms with Crippen LogP contribution in [-0.4, -0.2) is 43.3 Å². The summed E-state index contributed by atoms with van der Waals surface area (Å²) in [4.78, 5) is 32.6. The van der Waals surface area contributed by atoms with E-state index in [9.17, 15) is 9.59 Å². The van der Waals surface area contributed by atoms with Gasteiger partial charge in [-0.2, -0.15) is 0 Å². The van der Waals surface area contributed by atoms with Crippen molar-refractivity contribution in [2.24, 2.45) is 11.1 Å². The van der Waals surface area contributed by atoms with Gasteiger partial charge in [-0.3, -0.25) is 4.79 Å². The van der Waals surface area contributed by atoms with Crippen LogP contribution in [0.15, 0.2) is 53.7 Å². The van der Waals surface area contributed by atoms with Crippen LogP contribution in [0.3, 0.4) is 0 Å². The minimum absolute atomic E-state index is 0.183. The first kappa shape index (κ1) is 21.6. The first-order valence-electron chi connectivity index (χ1n) is 10.1. The number of carbonyl (C=O) groups excluding carboxylic acids is 2. The molecule has 1 fully saturated rings. The predicted molar refractivity (Wildman–Crippen MR) is 115 cm³/mol. The monoisotopic (exact) mass is 408 g/mol. The molecule has 30 heavy (non-hydrogen) atoms. The zero-order valence-corrected chi connectivity index (χ0v) is 17.9. The number of ether oxygens (including phenoxy) is 1. The Bertz CT molecular complexity index is 906. The number of nitrogens with zero attached hydrogens (tertiary/aromatic N) is 2. The summed E-state index contributed by atoms with van der Waals surface area (Å²) in [5, 5.41) is 3.74. The SMILES string of the molecule is CO/N=C/c1ccc(C(=O)N2[C@H](c3ccc(C)cc3)[C@@H](C)CC[C@H]2C(=O)OC)cc1. The molecule has 6 nitrogen and oxygen atoms in total. The molecule has 0 radical (unpaired) electrons. The maximum absolute atomic E-state index is 13.6. The first-order chi connectivity index (χ1) is 14.5. The number of benzene rings is 2. The molecule has 0 unspecified atom stereocenters. The van der Waals surface area contributed by atoms with E-state index in [1.54, 1.807) is 35.4 Å². The van der Waals surface area contributed by atoms with Crippen LogP contribution in [0.1, 0.15) is 52.9 Å². The standard InChI is InChI=1S/C24H28N2O4/c1-16-5-10-19(11-6-16)22-17(2)7-14-21(24(28)29-3)26(22)23(27)20-12-8-18(9-13-20)15-25-30-4/h5-6,8-13,15,17,21-22H,7,14H2,1-4H3/b25-15+/t17-,21-,22-/m0/s1. The number of likely N-dealkylation sites (tertiary alicyclic amines) is 1. The highest BCUT2D eigenvalue weighted by atomic mass is 16.6. The van der Waals surface area contributed by atoms with Crippen LogP contribution in [0, 0.1) is 12.8 Å². The van der Waals surface area contributed by atoms with E-state index >= 15 is 0 Å². The van der Waals surface area contributed by atoms with Gasteiger partial charge < -0.3 is 14.5 Å². The lowest BCUT2D eigenvalue weighted by Gasteiger charge is -2.44. The van der Waals surface area contributed by atoms with Gasteiger partial charge in [0.05, 0.1) is 19.4 Å². The number of carbonyl (C=O) groups is 2. The maximum Gasteiger partial charge on any atom is 0.328 e. The number of oxime groups is 1. The highest BCUT2D eigenvalue weighted by Gasteiger charge is 2.43. The molecule has 2 aromatic rings. The van der Waals surface area contributed by atoms with Crippen LogP contribution < -0.4 is 0 Å². The van der Waals surface area contributed by atoms with E-state index in [1.165, 1.54) is 14.2 Å². The minimum atomic E-state index is -0.611. The molecule has 3 rings (SSSR count). The van der Waals surface area contributed by atoms with Gasteiger partial charge in [-0.25, -0.2) is 4.79 Å². The number of esters is 1. The zero-order chi connectivity index (χ0) is 21.7. The van der Waals surface area contributed by atoms with Gasteiger partial charge in [0.15, 0.2) is 0 Å². The molecule has 1 heterocycles. The third kappa shape index (κ3) is 4.53. The van der Waals surface area contributed by atoms with Gasteiger partial charge in [-0.15, -0.1) is 0 Å². The second-order valence-electron chi connectivity index (χ2n) is 7.70. The van der Waals surface area contributed by atoms with Crippen LogP contribution in [-0.2, 0) is 14.4 Å². The average Bonchev–Trinajstić information content (AvgIpc) is 2.77. The lowest BCUT2D eigenvalue weighted by molar-refractivity contribution is -0.149. The van der Waals surface area contributed by atoms with Gasteiger partial charge in [-0.05, 0) is 48.9 Å². The highest BCUT2D eigenvalue weighted by molar-refractivity contribution is 5.98. The Morgan fingerprint density at radius 2 is 1.70 bits per heavy atom. The summed E-state index contributed by atoms with van der Waals surface area (Å²) in [5.74, 6) is -0.348. The Morgan fingerprint density at radius 1 is 1.03 bits per heavy atom. The van der Waals surface area contributed by atoms with E-state index < -0.39 is 6.04 Å². The van der Waals surface area contributed by atoms with Crippen LogP contribution in [0.4, 0.5) is 0 Å². The van der Waals surface area contributed by atoms with Crippen molar-refractivity contribution < 1.29 is 19.2 Å². The minimum Gasteiger partial charge on any atom is -0.467 e. The molecule has 0 aliphatic carbocycles. The molecule has 6 heteroatoms. The largest absolute Gasteiger partial charge is 0.467 e. The van der Waals surface area contributed by atoms with E-state index in [4.69, 9.17) is 9.57 Å². The molecule has 3 atom stereocenters. The summed E-state index contributed by atoms with van der Waals surface area (Å²) in [6.07, 6.45) is 3.00. The maximum atomic E-state index is 13.6. The van der Waals surface area contributed by atoms with Gasteiger partial charge in [0.25, 0.3) is 5.91 Å². The van der Waals surface area contributed by atoms with E-state index in [-0.39, 0.29) is 23.8 Å². The zero-order valence-electron chi connectivity index (χ0n) is 17.9. The van der Waals surface area contributed by atoms with E-state index in [2.05, 4.69) is 12.1 Å². The van der Waals surface area contributed by atoms with Crippen LogP contribution >= 0.6 is 0 Å². The molecule has 1 aliphatic rings. The van der Waals surface area contributed by atoms with Crippen molar-refractivity contribution in [3.8, 4) is 0 Å². The fraction of sp³-hybridized carbons (Fsp3) is 0.375. The van der Waals surface area contributed by atoms with Crippen molar-refractivity contribution in [1.82, 2.24) is 4.90 Å². The van der Waals surface area contributed by atoms with Gasteiger partial charge in [0.2, 0.25) is 0 Å².